The van der Waals surface area contributed by atoms with Gasteiger partial charge in [0, 0.05) is 50.2 Å². The monoisotopic (exact) mass is 441 g/mol. The van der Waals surface area contributed by atoms with Gasteiger partial charge in [0.1, 0.15) is 0 Å². The lowest BCUT2D eigenvalue weighted by atomic mass is 10.2. The SMILES string of the molecule is CCc1nc(CN2CCN(C(=O)c3nnn(-c4cccc([N+](=O)[O-])c4)c3C)CC2)cs1. The van der Waals surface area contributed by atoms with E-state index in [1.165, 1.54) is 16.8 Å². The lowest BCUT2D eigenvalue weighted by Crippen LogP contribution is -2.48. The predicted octanol–water partition coefficient (Wildman–Crippen LogP) is 2.46. The fourth-order valence-corrected chi connectivity index (χ4v) is 4.32. The van der Waals surface area contributed by atoms with Crippen molar-refractivity contribution in [3.8, 4) is 5.69 Å². The number of nitro benzene ring substituents is 1. The second kappa shape index (κ2) is 8.90. The highest BCUT2D eigenvalue weighted by molar-refractivity contribution is 7.09. The number of carbonyl (C=O) groups is 1. The molecule has 0 unspecified atom stereocenters. The number of amides is 1. The minimum atomic E-state index is -0.462. The van der Waals surface area contributed by atoms with Crippen molar-refractivity contribution in [1.82, 2.24) is 29.8 Å². The van der Waals surface area contributed by atoms with Gasteiger partial charge in [0.2, 0.25) is 0 Å². The summed E-state index contributed by atoms with van der Waals surface area (Å²) in [6.45, 7) is 7.38. The summed E-state index contributed by atoms with van der Waals surface area (Å²) in [5.74, 6) is -0.171. The molecule has 0 aliphatic carbocycles. The lowest BCUT2D eigenvalue weighted by Gasteiger charge is -2.34. The van der Waals surface area contributed by atoms with Crippen molar-refractivity contribution in [2.24, 2.45) is 0 Å². The highest BCUT2D eigenvalue weighted by atomic mass is 32.1. The minimum absolute atomic E-state index is 0.0393. The maximum atomic E-state index is 13.0. The average molecular weight is 442 g/mol. The smallest absolute Gasteiger partial charge is 0.276 e. The number of nitrogens with zero attached hydrogens (tertiary/aromatic N) is 7. The summed E-state index contributed by atoms with van der Waals surface area (Å²) in [5, 5.41) is 22.4. The van der Waals surface area contributed by atoms with Crippen molar-refractivity contribution in [2.75, 3.05) is 26.2 Å². The third kappa shape index (κ3) is 4.47. The van der Waals surface area contributed by atoms with Crippen molar-refractivity contribution in [1.29, 1.82) is 0 Å². The number of thiazole rings is 1. The Morgan fingerprint density at radius 1 is 1.26 bits per heavy atom. The molecule has 2 aromatic heterocycles. The van der Waals surface area contributed by atoms with E-state index in [1.54, 1.807) is 35.3 Å². The van der Waals surface area contributed by atoms with Gasteiger partial charge >= 0.3 is 0 Å². The predicted molar refractivity (Wildman–Crippen MR) is 115 cm³/mol. The molecule has 0 atom stereocenters. The van der Waals surface area contributed by atoms with Gasteiger partial charge in [-0.3, -0.25) is 19.8 Å². The zero-order valence-corrected chi connectivity index (χ0v) is 18.2. The van der Waals surface area contributed by atoms with E-state index in [0.717, 1.165) is 36.8 Å². The first-order valence-corrected chi connectivity index (χ1v) is 11.0. The molecule has 1 aliphatic rings. The molecule has 1 saturated heterocycles. The van der Waals surface area contributed by atoms with Crippen molar-refractivity contribution in [3.63, 3.8) is 0 Å². The fraction of sp³-hybridized carbons (Fsp3) is 0.400. The number of aromatic nitrogens is 4. The maximum Gasteiger partial charge on any atom is 0.276 e. The molecule has 1 aromatic carbocycles. The highest BCUT2D eigenvalue weighted by Gasteiger charge is 2.27. The van der Waals surface area contributed by atoms with E-state index in [1.807, 2.05) is 0 Å². The van der Waals surface area contributed by atoms with Crippen molar-refractivity contribution >= 4 is 22.9 Å². The quantitative estimate of drug-likeness (QED) is 0.427. The number of aryl methyl sites for hydroxylation is 1. The van der Waals surface area contributed by atoms with Crippen LogP contribution >= 0.6 is 11.3 Å². The Balaban J connectivity index is 1.41. The number of non-ortho nitro benzene ring substituents is 1. The molecule has 0 saturated carbocycles. The molecule has 0 radical (unpaired) electrons. The van der Waals surface area contributed by atoms with Crippen molar-refractivity contribution in [2.45, 2.75) is 26.8 Å². The van der Waals surface area contributed by atoms with Crippen LogP contribution in [0.4, 0.5) is 5.69 Å². The number of piperazine rings is 1. The Bertz CT molecular complexity index is 1100. The first-order valence-electron chi connectivity index (χ1n) is 10.1. The standard InChI is InChI=1S/C20H23N7O3S/c1-3-18-21-15(13-31-18)12-24-7-9-25(10-8-24)20(28)19-14(2)26(23-22-19)16-5-4-6-17(11-16)27(29)30/h4-6,11,13H,3,7-10,12H2,1-2H3. The molecule has 4 rings (SSSR count). The average Bonchev–Trinajstić information content (AvgIpc) is 3.40. The molecule has 10 nitrogen and oxygen atoms in total. The van der Waals surface area contributed by atoms with E-state index in [2.05, 4.69) is 32.5 Å². The number of hydrogen-bond acceptors (Lipinski definition) is 8. The Morgan fingerprint density at radius 3 is 2.71 bits per heavy atom. The molecule has 1 fully saturated rings. The Hall–Kier alpha value is -3.18. The molecular weight excluding hydrogens is 418 g/mol. The maximum absolute atomic E-state index is 13.0. The molecule has 162 valence electrons. The van der Waals surface area contributed by atoms with Crippen LogP contribution in [0.25, 0.3) is 5.69 Å². The lowest BCUT2D eigenvalue weighted by molar-refractivity contribution is -0.384. The number of rotatable bonds is 6. The summed E-state index contributed by atoms with van der Waals surface area (Å²) >= 11 is 1.69. The van der Waals surface area contributed by atoms with Gasteiger partial charge in [-0.2, -0.15) is 0 Å². The molecule has 1 amide bonds. The van der Waals surface area contributed by atoms with E-state index in [9.17, 15) is 14.9 Å². The second-order valence-corrected chi connectivity index (χ2v) is 8.31. The fourth-order valence-electron chi connectivity index (χ4n) is 3.58. The van der Waals surface area contributed by atoms with Gasteiger partial charge in [0.25, 0.3) is 11.6 Å². The minimum Gasteiger partial charge on any atom is -0.335 e. The van der Waals surface area contributed by atoms with Crippen LogP contribution in [-0.4, -0.2) is 66.8 Å². The van der Waals surface area contributed by atoms with Gasteiger partial charge in [0.05, 0.1) is 27.0 Å². The normalized spacial score (nSPS) is 14.7. The van der Waals surface area contributed by atoms with Crippen LogP contribution in [0.1, 0.15) is 33.8 Å². The van der Waals surface area contributed by atoms with Crippen LogP contribution in [0.15, 0.2) is 29.6 Å². The van der Waals surface area contributed by atoms with Gasteiger partial charge in [0.15, 0.2) is 5.69 Å². The Labute approximate surface area is 183 Å². The van der Waals surface area contributed by atoms with Crippen LogP contribution in [0.5, 0.6) is 0 Å². The van der Waals surface area contributed by atoms with E-state index in [-0.39, 0.29) is 17.3 Å². The first kappa shape index (κ1) is 21.1. The van der Waals surface area contributed by atoms with Crippen molar-refractivity contribution < 1.29 is 9.72 Å². The molecule has 0 bridgehead atoms. The van der Waals surface area contributed by atoms with Gasteiger partial charge < -0.3 is 4.90 Å². The number of carbonyl (C=O) groups excluding carboxylic acids is 1. The Morgan fingerprint density at radius 2 is 2.03 bits per heavy atom. The van der Waals surface area contributed by atoms with Crippen LogP contribution in [0.3, 0.4) is 0 Å². The van der Waals surface area contributed by atoms with Crippen molar-refractivity contribution in [3.05, 3.63) is 61.8 Å². The summed E-state index contributed by atoms with van der Waals surface area (Å²) in [6.07, 6.45) is 0.948. The molecule has 3 aromatic rings. The first-order chi connectivity index (χ1) is 15.0. The molecule has 11 heteroatoms. The van der Waals surface area contributed by atoms with E-state index in [0.29, 0.717) is 24.5 Å². The van der Waals surface area contributed by atoms with Gasteiger partial charge in [-0.25, -0.2) is 9.67 Å². The summed E-state index contributed by atoms with van der Waals surface area (Å²) < 4.78 is 1.46. The summed E-state index contributed by atoms with van der Waals surface area (Å²) in [4.78, 5) is 32.3. The van der Waals surface area contributed by atoms with Crippen LogP contribution in [0, 0.1) is 17.0 Å². The summed E-state index contributed by atoms with van der Waals surface area (Å²) in [5.41, 5.74) is 2.37. The third-order valence-electron chi connectivity index (χ3n) is 5.33. The number of hydrogen-bond donors (Lipinski definition) is 0. The van der Waals surface area contributed by atoms with Crippen LogP contribution < -0.4 is 0 Å². The van der Waals surface area contributed by atoms with E-state index in [4.69, 9.17) is 0 Å². The van der Waals surface area contributed by atoms with Gasteiger partial charge in [-0.15, -0.1) is 16.4 Å². The van der Waals surface area contributed by atoms with E-state index >= 15 is 0 Å². The van der Waals surface area contributed by atoms with E-state index < -0.39 is 4.92 Å². The van der Waals surface area contributed by atoms with Gasteiger partial charge in [-0.1, -0.05) is 18.2 Å². The molecule has 0 spiro atoms. The summed E-state index contributed by atoms with van der Waals surface area (Å²) in [6, 6.07) is 6.11. The highest BCUT2D eigenvalue weighted by Crippen LogP contribution is 2.20. The number of nitro groups is 1. The summed E-state index contributed by atoms with van der Waals surface area (Å²) in [7, 11) is 0. The zero-order chi connectivity index (χ0) is 22.0. The van der Waals surface area contributed by atoms with Crippen LogP contribution in [-0.2, 0) is 13.0 Å². The Kier molecular flexibility index (Phi) is 6.05. The topological polar surface area (TPSA) is 110 Å². The van der Waals surface area contributed by atoms with Gasteiger partial charge in [-0.05, 0) is 19.4 Å². The third-order valence-corrected chi connectivity index (χ3v) is 6.37. The molecule has 31 heavy (non-hydrogen) atoms. The molecular formula is C20H23N7O3S. The molecule has 3 heterocycles. The van der Waals surface area contributed by atoms with Crippen LogP contribution in [0.2, 0.25) is 0 Å². The second-order valence-electron chi connectivity index (χ2n) is 7.37. The largest absolute Gasteiger partial charge is 0.335 e. The zero-order valence-electron chi connectivity index (χ0n) is 17.4. The number of benzene rings is 1. The molecule has 0 N–H and O–H groups in total. The molecule has 1 aliphatic heterocycles.